The van der Waals surface area contributed by atoms with E-state index in [9.17, 15) is 39.6 Å². The first-order valence-electron chi connectivity index (χ1n) is 18.5. The zero-order valence-electron chi connectivity index (χ0n) is 33.9. The molecule has 0 saturated carbocycles. The van der Waals surface area contributed by atoms with Crippen LogP contribution in [0.4, 0.5) is 0 Å². The number of hydrogen-bond donors (Lipinski definition) is 0. The summed E-state index contributed by atoms with van der Waals surface area (Å²) in [5, 5.41) is 40.2. The summed E-state index contributed by atoms with van der Waals surface area (Å²) in [6.07, 6.45) is 17.1. The first-order valence-corrected chi connectivity index (χ1v) is 18.5. The van der Waals surface area contributed by atoms with Gasteiger partial charge < -0.3 is 39.6 Å². The first kappa shape index (κ1) is 57.6. The zero-order valence-corrected chi connectivity index (χ0v) is 37.0. The molecule has 49 heavy (non-hydrogen) atoms. The van der Waals surface area contributed by atoms with E-state index in [1.807, 2.05) is 0 Å². The van der Waals surface area contributed by atoms with Crippen molar-refractivity contribution < 1.29 is 81.4 Å². The minimum atomic E-state index is -0.925. The standard InChI is InChI=1S/4C10H20O2.Ce/c4*1-10(2,3)8-6-4-5-7-9(11)12;/h4*4-8H2,1-3H3,(H,11,12);/q;;;;+4/p-4. The van der Waals surface area contributed by atoms with Crippen molar-refractivity contribution in [1.82, 2.24) is 0 Å². The molecule has 0 aliphatic heterocycles. The molecule has 0 atom stereocenters. The average Bonchev–Trinajstić information content (AvgIpc) is 2.85. The van der Waals surface area contributed by atoms with Crippen molar-refractivity contribution in [3.63, 3.8) is 0 Å². The van der Waals surface area contributed by atoms with Gasteiger partial charge in [-0.2, -0.15) is 0 Å². The molecule has 0 fully saturated rings. The molecule has 0 radical (unpaired) electrons. The van der Waals surface area contributed by atoms with Gasteiger partial charge in [-0.1, -0.05) is 134 Å². The van der Waals surface area contributed by atoms with E-state index in [-0.39, 0.29) is 67.4 Å². The summed E-state index contributed by atoms with van der Waals surface area (Å²) in [6, 6.07) is 0. The summed E-state index contributed by atoms with van der Waals surface area (Å²) in [4.78, 5) is 40.2. The van der Waals surface area contributed by atoms with Crippen LogP contribution in [0.2, 0.25) is 0 Å². The van der Waals surface area contributed by atoms with Crippen molar-refractivity contribution in [1.29, 1.82) is 0 Å². The Morgan fingerprint density at radius 2 is 0.449 bits per heavy atom. The van der Waals surface area contributed by atoms with Gasteiger partial charge in [0.1, 0.15) is 0 Å². The summed E-state index contributed by atoms with van der Waals surface area (Å²) in [7, 11) is 0. The van der Waals surface area contributed by atoms with Gasteiger partial charge in [0.25, 0.3) is 0 Å². The molecule has 0 aromatic heterocycles. The third-order valence-corrected chi connectivity index (χ3v) is 7.23. The molecule has 0 aromatic carbocycles. The van der Waals surface area contributed by atoms with E-state index < -0.39 is 23.9 Å². The second-order valence-corrected chi connectivity index (χ2v) is 18.0. The molecule has 0 aliphatic rings. The van der Waals surface area contributed by atoms with Crippen LogP contribution in [0.25, 0.3) is 0 Å². The largest absolute Gasteiger partial charge is 4.00 e. The van der Waals surface area contributed by atoms with Crippen molar-refractivity contribution in [2.45, 2.75) is 212 Å². The van der Waals surface area contributed by atoms with E-state index in [1.165, 1.54) is 25.7 Å². The number of unbranched alkanes of at least 4 members (excludes halogenated alkanes) is 8. The van der Waals surface area contributed by atoms with Crippen molar-refractivity contribution in [3.05, 3.63) is 0 Å². The van der Waals surface area contributed by atoms with E-state index >= 15 is 0 Å². The second-order valence-electron chi connectivity index (χ2n) is 18.0. The molecule has 0 heterocycles. The second kappa shape index (κ2) is 33.1. The van der Waals surface area contributed by atoms with Crippen LogP contribution in [0.15, 0.2) is 0 Å². The van der Waals surface area contributed by atoms with Crippen molar-refractivity contribution in [3.8, 4) is 0 Å². The van der Waals surface area contributed by atoms with Crippen LogP contribution in [-0.2, 0) is 19.2 Å². The minimum absolute atomic E-state index is 0. The molecule has 0 unspecified atom stereocenters. The Kier molecular flexibility index (Phi) is 38.9. The fourth-order valence-corrected chi connectivity index (χ4v) is 4.41. The molecule has 9 heteroatoms. The Morgan fingerprint density at radius 3 is 0.551 bits per heavy atom. The van der Waals surface area contributed by atoms with E-state index in [1.54, 1.807) is 0 Å². The summed E-state index contributed by atoms with van der Waals surface area (Å²) in [5.41, 5.74) is 1.51. The number of carbonyl (C=O) groups is 4. The Hall–Kier alpha value is -0.743. The van der Waals surface area contributed by atoms with Gasteiger partial charge in [0.15, 0.2) is 0 Å². The Bertz CT molecular complexity index is 676. The predicted molar refractivity (Wildman–Crippen MR) is 190 cm³/mol. The van der Waals surface area contributed by atoms with E-state index in [2.05, 4.69) is 83.1 Å². The van der Waals surface area contributed by atoms with Crippen LogP contribution in [0.1, 0.15) is 212 Å². The predicted octanol–water partition coefficient (Wildman–Crippen LogP) is 6.93. The molecule has 8 nitrogen and oxygen atoms in total. The molecule has 0 N–H and O–H groups in total. The molecule has 0 spiro atoms. The summed E-state index contributed by atoms with van der Waals surface area (Å²) < 4.78 is 0. The molecule has 0 bridgehead atoms. The average molecular weight is 825 g/mol. The molecular formula is C40H76CeO8. The molecular weight excluding hydrogens is 749 g/mol. The molecule has 0 aromatic rings. The van der Waals surface area contributed by atoms with E-state index in [4.69, 9.17) is 0 Å². The SMILES string of the molecule is CC(C)(C)CCCCCC(=O)[O-].CC(C)(C)CCCCCC(=O)[O-].CC(C)(C)CCCCCC(=O)[O-].CC(C)(C)CCCCCC(=O)[O-].[Ce+4]. The normalized spacial score (nSPS) is 11.3. The van der Waals surface area contributed by atoms with Gasteiger partial charge in [0.05, 0.1) is 0 Å². The van der Waals surface area contributed by atoms with Crippen LogP contribution in [-0.4, -0.2) is 23.9 Å². The minimum Gasteiger partial charge on any atom is -0.550 e. The number of carboxylic acid groups (broad SMARTS) is 4. The van der Waals surface area contributed by atoms with Gasteiger partial charge in [0, 0.05) is 23.9 Å². The van der Waals surface area contributed by atoms with Gasteiger partial charge >= 0.3 is 41.7 Å². The van der Waals surface area contributed by atoms with Crippen molar-refractivity contribution in [2.75, 3.05) is 0 Å². The topological polar surface area (TPSA) is 161 Å². The fraction of sp³-hybridized carbons (Fsp3) is 0.900. The summed E-state index contributed by atoms with van der Waals surface area (Å²) in [6.45, 7) is 26.4. The monoisotopic (exact) mass is 824 g/mol. The van der Waals surface area contributed by atoms with Gasteiger partial charge in [0.2, 0.25) is 0 Å². The third-order valence-electron chi connectivity index (χ3n) is 7.23. The third kappa shape index (κ3) is 77.9. The van der Waals surface area contributed by atoms with Crippen LogP contribution in [0.3, 0.4) is 0 Å². The van der Waals surface area contributed by atoms with Crippen LogP contribution in [0.5, 0.6) is 0 Å². The number of carbonyl (C=O) groups excluding carboxylic acids is 4. The number of carboxylic acids is 4. The Morgan fingerprint density at radius 1 is 0.306 bits per heavy atom. The quantitative estimate of drug-likeness (QED) is 0.120. The molecule has 0 aliphatic carbocycles. The van der Waals surface area contributed by atoms with Gasteiger partial charge in [-0.15, -0.1) is 0 Å². The van der Waals surface area contributed by atoms with E-state index in [0.29, 0.717) is 21.7 Å². The van der Waals surface area contributed by atoms with E-state index in [0.717, 1.165) is 77.0 Å². The van der Waals surface area contributed by atoms with Crippen LogP contribution >= 0.6 is 0 Å². The molecule has 0 saturated heterocycles. The van der Waals surface area contributed by atoms with Gasteiger partial charge in [-0.05, 0) is 98.7 Å². The molecule has 288 valence electrons. The molecule has 0 amide bonds. The first-order chi connectivity index (χ1) is 21.7. The summed E-state index contributed by atoms with van der Waals surface area (Å²) >= 11 is 0. The van der Waals surface area contributed by atoms with Crippen LogP contribution < -0.4 is 20.4 Å². The maximum atomic E-state index is 10.0. The van der Waals surface area contributed by atoms with Gasteiger partial charge in [-0.25, -0.2) is 0 Å². The zero-order chi connectivity index (χ0) is 38.5. The maximum Gasteiger partial charge on any atom is 4.00 e. The Labute approximate surface area is 336 Å². The molecule has 0 rings (SSSR count). The van der Waals surface area contributed by atoms with Gasteiger partial charge in [-0.3, -0.25) is 0 Å². The Balaban J connectivity index is -0.000000174. The smallest absolute Gasteiger partial charge is 0.550 e. The maximum absolute atomic E-state index is 10.0. The number of rotatable bonds is 20. The van der Waals surface area contributed by atoms with Crippen molar-refractivity contribution in [2.24, 2.45) is 21.7 Å². The van der Waals surface area contributed by atoms with Crippen molar-refractivity contribution >= 4 is 23.9 Å². The fourth-order valence-electron chi connectivity index (χ4n) is 4.41. The summed E-state index contributed by atoms with van der Waals surface area (Å²) in [5.74, 6) is -3.70. The number of hydrogen-bond acceptors (Lipinski definition) is 8. The van der Waals surface area contributed by atoms with Crippen LogP contribution in [0, 0.1) is 63.4 Å². The number of aliphatic carboxylic acids is 4.